The minimum Gasteiger partial charge on any atom is -0.370 e. The second-order valence-electron chi connectivity index (χ2n) is 6.61. The van der Waals surface area contributed by atoms with E-state index in [1.54, 1.807) is 0 Å². The Morgan fingerprint density at radius 1 is 1.12 bits per heavy atom. The van der Waals surface area contributed by atoms with Crippen LogP contribution < -0.4 is 4.90 Å². The van der Waals surface area contributed by atoms with Gasteiger partial charge in [0.2, 0.25) is 0 Å². The Balaban J connectivity index is 1.74. The molecule has 0 spiro atoms. The molecule has 0 saturated carbocycles. The van der Waals surface area contributed by atoms with Crippen molar-refractivity contribution in [1.29, 1.82) is 0 Å². The summed E-state index contributed by atoms with van der Waals surface area (Å²) in [7, 11) is 0. The van der Waals surface area contributed by atoms with Gasteiger partial charge < -0.3 is 9.80 Å². The quantitative estimate of drug-likeness (QED) is 0.841. The Morgan fingerprint density at radius 3 is 2.42 bits per heavy atom. The summed E-state index contributed by atoms with van der Waals surface area (Å²) in [6.07, 6.45) is 4.30. The minimum absolute atomic E-state index is 0.0122. The third kappa shape index (κ3) is 3.75. The molecule has 126 valence electrons. The highest BCUT2D eigenvalue weighted by molar-refractivity contribution is 5.92. The Labute approximate surface area is 144 Å². The fraction of sp³-hybridized carbons (Fsp3) is 0.400. The van der Waals surface area contributed by atoms with Crippen molar-refractivity contribution in [1.82, 2.24) is 9.88 Å². The van der Waals surface area contributed by atoms with Gasteiger partial charge in [0.05, 0.1) is 11.9 Å². The predicted octanol–water partition coefficient (Wildman–Crippen LogP) is 3.73. The van der Waals surface area contributed by atoms with E-state index >= 15 is 0 Å². The molecule has 4 nitrogen and oxygen atoms in total. The molecule has 1 saturated heterocycles. The van der Waals surface area contributed by atoms with Crippen molar-refractivity contribution in [2.75, 3.05) is 18.0 Å². The first-order chi connectivity index (χ1) is 11.6. The highest BCUT2D eigenvalue weighted by Crippen LogP contribution is 2.20. The van der Waals surface area contributed by atoms with Gasteiger partial charge in [-0.3, -0.25) is 4.79 Å². The lowest BCUT2D eigenvalue weighted by atomic mass is 10.1. The van der Waals surface area contributed by atoms with E-state index in [9.17, 15) is 4.79 Å². The first-order valence-electron chi connectivity index (χ1n) is 8.71. The summed E-state index contributed by atoms with van der Waals surface area (Å²) in [6, 6.07) is 14.1. The number of hydrogen-bond acceptors (Lipinski definition) is 3. The van der Waals surface area contributed by atoms with Crippen LogP contribution in [0, 0.1) is 0 Å². The number of nitrogens with zero attached hydrogens (tertiary/aromatic N) is 3. The number of carbonyl (C=O) groups is 1. The third-order valence-electron chi connectivity index (χ3n) is 4.52. The summed E-state index contributed by atoms with van der Waals surface area (Å²) in [5.41, 5.74) is 2.76. The average Bonchev–Trinajstić information content (AvgIpc) is 3.14. The first-order valence-corrected chi connectivity index (χ1v) is 8.71. The predicted molar refractivity (Wildman–Crippen MR) is 97.1 cm³/mol. The van der Waals surface area contributed by atoms with Crippen LogP contribution in [0.3, 0.4) is 0 Å². The van der Waals surface area contributed by atoms with E-state index < -0.39 is 0 Å². The lowest BCUT2D eigenvalue weighted by molar-refractivity contribution is 0.0684. The van der Waals surface area contributed by atoms with Crippen LogP contribution in [0.4, 0.5) is 5.69 Å². The maximum Gasteiger partial charge on any atom is 0.272 e. The van der Waals surface area contributed by atoms with E-state index in [-0.39, 0.29) is 11.9 Å². The fourth-order valence-electron chi connectivity index (χ4n) is 3.09. The van der Waals surface area contributed by atoms with Gasteiger partial charge in [-0.2, -0.15) is 0 Å². The SMILES string of the molecule is CC(C)N(Cc1ccccc1)C(=O)c1ccc(N2CCCC2)cn1. The molecule has 0 bridgehead atoms. The molecule has 1 amide bonds. The van der Waals surface area contributed by atoms with Crippen LogP contribution in [-0.2, 0) is 6.54 Å². The normalized spacial score (nSPS) is 14.2. The molecule has 1 aromatic heterocycles. The zero-order valence-corrected chi connectivity index (χ0v) is 14.5. The van der Waals surface area contributed by atoms with Crippen molar-refractivity contribution in [2.45, 2.75) is 39.3 Å². The lowest BCUT2D eigenvalue weighted by Gasteiger charge is -2.27. The van der Waals surface area contributed by atoms with Crippen molar-refractivity contribution in [3.63, 3.8) is 0 Å². The maximum absolute atomic E-state index is 12.9. The number of amides is 1. The Morgan fingerprint density at radius 2 is 1.83 bits per heavy atom. The topological polar surface area (TPSA) is 36.4 Å². The summed E-state index contributed by atoms with van der Waals surface area (Å²) in [5, 5.41) is 0. The molecule has 1 aliphatic heterocycles. The molecule has 1 aliphatic rings. The van der Waals surface area contributed by atoms with Crippen LogP contribution >= 0.6 is 0 Å². The standard InChI is InChI=1S/C20H25N3O/c1-16(2)23(15-17-8-4-3-5-9-17)20(24)19-11-10-18(14-21-19)22-12-6-7-13-22/h3-5,8-11,14,16H,6-7,12-13,15H2,1-2H3. The Kier molecular flexibility index (Phi) is 5.14. The highest BCUT2D eigenvalue weighted by Gasteiger charge is 2.21. The van der Waals surface area contributed by atoms with Crippen molar-refractivity contribution in [3.05, 3.63) is 59.9 Å². The summed E-state index contributed by atoms with van der Waals surface area (Å²) >= 11 is 0. The monoisotopic (exact) mass is 323 g/mol. The third-order valence-corrected chi connectivity index (χ3v) is 4.52. The van der Waals surface area contributed by atoms with Gasteiger partial charge in [0.25, 0.3) is 5.91 Å². The maximum atomic E-state index is 12.9. The molecular formula is C20H25N3O. The molecule has 0 radical (unpaired) electrons. The van der Waals surface area contributed by atoms with Crippen molar-refractivity contribution in [2.24, 2.45) is 0 Å². The smallest absolute Gasteiger partial charge is 0.272 e. The molecule has 1 fully saturated rings. The number of hydrogen-bond donors (Lipinski definition) is 0. The van der Waals surface area contributed by atoms with Crippen LogP contribution in [0.25, 0.3) is 0 Å². The van der Waals surface area contributed by atoms with Crippen molar-refractivity contribution < 1.29 is 4.79 Å². The van der Waals surface area contributed by atoms with E-state index in [1.807, 2.05) is 67.4 Å². The summed E-state index contributed by atoms with van der Waals surface area (Å²) in [6.45, 7) is 6.86. The zero-order valence-electron chi connectivity index (χ0n) is 14.5. The number of carbonyl (C=O) groups excluding carboxylic acids is 1. The van der Waals surface area contributed by atoms with Gasteiger partial charge in [-0.25, -0.2) is 4.98 Å². The first kappa shape index (κ1) is 16.5. The largest absolute Gasteiger partial charge is 0.370 e. The molecule has 24 heavy (non-hydrogen) atoms. The molecule has 0 unspecified atom stereocenters. The second kappa shape index (κ2) is 7.47. The summed E-state index contributed by atoms with van der Waals surface area (Å²) in [5.74, 6) is -0.0122. The molecular weight excluding hydrogens is 298 g/mol. The van der Waals surface area contributed by atoms with E-state index in [0.29, 0.717) is 12.2 Å². The van der Waals surface area contributed by atoms with E-state index in [2.05, 4.69) is 9.88 Å². The van der Waals surface area contributed by atoms with Gasteiger partial charge >= 0.3 is 0 Å². The van der Waals surface area contributed by atoms with E-state index in [0.717, 1.165) is 24.3 Å². The molecule has 0 atom stereocenters. The fourth-order valence-corrected chi connectivity index (χ4v) is 3.09. The van der Waals surface area contributed by atoms with Gasteiger partial charge in [-0.15, -0.1) is 0 Å². The molecule has 1 aromatic carbocycles. The summed E-state index contributed by atoms with van der Waals surface area (Å²) in [4.78, 5) is 21.5. The summed E-state index contributed by atoms with van der Waals surface area (Å²) < 4.78 is 0. The van der Waals surface area contributed by atoms with Gasteiger partial charge in [0.15, 0.2) is 0 Å². The van der Waals surface area contributed by atoms with Crippen molar-refractivity contribution in [3.8, 4) is 0 Å². The van der Waals surface area contributed by atoms with Gasteiger partial charge in [0.1, 0.15) is 5.69 Å². The van der Waals surface area contributed by atoms with E-state index in [1.165, 1.54) is 12.8 Å². The number of aromatic nitrogens is 1. The lowest BCUT2D eigenvalue weighted by Crippen LogP contribution is -2.36. The Hall–Kier alpha value is -2.36. The molecule has 4 heteroatoms. The highest BCUT2D eigenvalue weighted by atomic mass is 16.2. The van der Waals surface area contributed by atoms with Gasteiger partial charge in [-0.05, 0) is 44.4 Å². The molecule has 3 rings (SSSR count). The van der Waals surface area contributed by atoms with Gasteiger partial charge in [0, 0.05) is 25.7 Å². The molecule has 2 aromatic rings. The minimum atomic E-state index is -0.0122. The Bertz CT molecular complexity index is 661. The number of rotatable bonds is 5. The van der Waals surface area contributed by atoms with E-state index in [4.69, 9.17) is 0 Å². The molecule has 0 N–H and O–H groups in total. The second-order valence-corrected chi connectivity index (χ2v) is 6.61. The molecule has 2 heterocycles. The average molecular weight is 323 g/mol. The van der Waals surface area contributed by atoms with Crippen molar-refractivity contribution >= 4 is 11.6 Å². The number of anilines is 1. The van der Waals surface area contributed by atoms with Crippen LogP contribution in [0.2, 0.25) is 0 Å². The van der Waals surface area contributed by atoms with Crippen LogP contribution in [0.1, 0.15) is 42.7 Å². The van der Waals surface area contributed by atoms with Crippen LogP contribution in [0.5, 0.6) is 0 Å². The van der Waals surface area contributed by atoms with Crippen LogP contribution in [0.15, 0.2) is 48.7 Å². The number of benzene rings is 1. The number of pyridine rings is 1. The van der Waals surface area contributed by atoms with Gasteiger partial charge in [-0.1, -0.05) is 30.3 Å². The molecule has 0 aliphatic carbocycles. The van der Waals surface area contributed by atoms with Crippen LogP contribution in [-0.4, -0.2) is 34.9 Å². The zero-order chi connectivity index (χ0) is 16.9.